The van der Waals surface area contributed by atoms with Crippen LogP contribution >= 0.6 is 0 Å². The first-order valence-corrected chi connectivity index (χ1v) is 6.19. The SMILES string of the molecule is CC1(C/C=C/c2ccc(F)cc2)CCCOC1=O. The molecule has 1 aromatic rings. The molecule has 18 heavy (non-hydrogen) atoms. The van der Waals surface area contributed by atoms with E-state index in [2.05, 4.69) is 0 Å². The zero-order valence-corrected chi connectivity index (χ0v) is 10.5. The third-order valence-electron chi connectivity index (χ3n) is 3.35. The summed E-state index contributed by atoms with van der Waals surface area (Å²) in [6.45, 7) is 2.47. The summed E-state index contributed by atoms with van der Waals surface area (Å²) >= 11 is 0. The summed E-state index contributed by atoms with van der Waals surface area (Å²) < 4.78 is 17.8. The van der Waals surface area contributed by atoms with Gasteiger partial charge in [0.15, 0.2) is 0 Å². The molecular formula is C15H17FO2. The van der Waals surface area contributed by atoms with E-state index in [0.717, 1.165) is 18.4 Å². The molecule has 1 atom stereocenters. The van der Waals surface area contributed by atoms with Gasteiger partial charge in [0.05, 0.1) is 12.0 Å². The van der Waals surface area contributed by atoms with E-state index in [1.54, 1.807) is 12.1 Å². The average Bonchev–Trinajstić information content (AvgIpc) is 2.36. The molecule has 0 spiro atoms. The second-order valence-electron chi connectivity index (χ2n) is 4.96. The molecule has 0 N–H and O–H groups in total. The maximum Gasteiger partial charge on any atom is 0.312 e. The van der Waals surface area contributed by atoms with Gasteiger partial charge in [-0.1, -0.05) is 24.3 Å². The number of carbonyl (C=O) groups is 1. The molecule has 1 aliphatic heterocycles. The molecule has 0 aliphatic carbocycles. The van der Waals surface area contributed by atoms with Gasteiger partial charge >= 0.3 is 5.97 Å². The van der Waals surface area contributed by atoms with Crippen LogP contribution in [0.5, 0.6) is 0 Å². The van der Waals surface area contributed by atoms with Gasteiger partial charge in [-0.25, -0.2) is 4.39 Å². The Balaban J connectivity index is 1.98. The Morgan fingerprint density at radius 1 is 1.39 bits per heavy atom. The Morgan fingerprint density at radius 3 is 2.78 bits per heavy atom. The summed E-state index contributed by atoms with van der Waals surface area (Å²) in [5.41, 5.74) is 0.526. The minimum atomic E-state index is -0.408. The molecule has 1 unspecified atom stereocenters. The third kappa shape index (κ3) is 2.97. The Kier molecular flexibility index (Phi) is 3.80. The molecule has 0 saturated carbocycles. The van der Waals surface area contributed by atoms with Gasteiger partial charge in [0, 0.05) is 0 Å². The van der Waals surface area contributed by atoms with Crippen LogP contribution in [0.3, 0.4) is 0 Å². The summed E-state index contributed by atoms with van der Waals surface area (Å²) in [5, 5.41) is 0. The van der Waals surface area contributed by atoms with Crippen molar-refractivity contribution in [3.63, 3.8) is 0 Å². The highest BCUT2D eigenvalue weighted by molar-refractivity contribution is 5.77. The molecule has 0 amide bonds. The van der Waals surface area contributed by atoms with Gasteiger partial charge in [-0.3, -0.25) is 4.79 Å². The number of allylic oxidation sites excluding steroid dienone is 1. The van der Waals surface area contributed by atoms with Gasteiger partial charge in [0.1, 0.15) is 5.82 Å². The van der Waals surface area contributed by atoms with Crippen molar-refractivity contribution in [2.75, 3.05) is 6.61 Å². The van der Waals surface area contributed by atoms with Gasteiger partial charge in [-0.2, -0.15) is 0 Å². The molecule has 0 radical (unpaired) electrons. The maximum absolute atomic E-state index is 12.7. The molecular weight excluding hydrogens is 231 g/mol. The van der Waals surface area contributed by atoms with E-state index >= 15 is 0 Å². The summed E-state index contributed by atoms with van der Waals surface area (Å²) in [5.74, 6) is -0.354. The number of esters is 1. The lowest BCUT2D eigenvalue weighted by molar-refractivity contribution is -0.160. The summed E-state index contributed by atoms with van der Waals surface area (Å²) in [6, 6.07) is 6.28. The van der Waals surface area contributed by atoms with Crippen LogP contribution in [0.1, 0.15) is 31.7 Å². The largest absolute Gasteiger partial charge is 0.465 e. The van der Waals surface area contributed by atoms with Crippen LogP contribution in [0.25, 0.3) is 6.08 Å². The number of ether oxygens (including phenoxy) is 1. The molecule has 2 nitrogen and oxygen atoms in total. The fourth-order valence-corrected chi connectivity index (χ4v) is 2.12. The van der Waals surface area contributed by atoms with Crippen LogP contribution in [0.2, 0.25) is 0 Å². The van der Waals surface area contributed by atoms with Crippen molar-refractivity contribution >= 4 is 12.0 Å². The van der Waals surface area contributed by atoms with Crippen molar-refractivity contribution in [1.29, 1.82) is 0 Å². The normalized spacial score (nSPS) is 24.2. The van der Waals surface area contributed by atoms with E-state index < -0.39 is 5.41 Å². The molecule has 1 fully saturated rings. The highest BCUT2D eigenvalue weighted by Crippen LogP contribution is 2.33. The smallest absolute Gasteiger partial charge is 0.312 e. The predicted octanol–water partition coefficient (Wildman–Crippen LogP) is 3.57. The van der Waals surface area contributed by atoms with Crippen molar-refractivity contribution in [3.05, 3.63) is 41.7 Å². The Hall–Kier alpha value is -1.64. The standard InChI is InChI=1S/C15H17FO2/c1-15(10-3-11-18-14(15)17)9-2-4-12-5-7-13(16)8-6-12/h2,4-8H,3,9-11H2,1H3/b4-2+. The lowest BCUT2D eigenvalue weighted by Crippen LogP contribution is -2.34. The molecule has 96 valence electrons. The zero-order valence-electron chi connectivity index (χ0n) is 10.5. The number of cyclic esters (lactones) is 1. The van der Waals surface area contributed by atoms with E-state index in [9.17, 15) is 9.18 Å². The molecule has 0 aromatic heterocycles. The molecule has 1 aromatic carbocycles. The molecule has 1 aliphatic rings. The van der Waals surface area contributed by atoms with Crippen LogP contribution in [-0.2, 0) is 9.53 Å². The van der Waals surface area contributed by atoms with Crippen molar-refractivity contribution in [2.24, 2.45) is 5.41 Å². The quantitative estimate of drug-likeness (QED) is 0.764. The van der Waals surface area contributed by atoms with Gasteiger partial charge in [-0.05, 0) is 43.9 Å². The van der Waals surface area contributed by atoms with Gasteiger partial charge in [-0.15, -0.1) is 0 Å². The molecule has 0 bridgehead atoms. The van der Waals surface area contributed by atoms with Gasteiger partial charge < -0.3 is 4.74 Å². The van der Waals surface area contributed by atoms with Crippen molar-refractivity contribution in [1.82, 2.24) is 0 Å². The minimum Gasteiger partial charge on any atom is -0.465 e. The predicted molar refractivity (Wildman–Crippen MR) is 68.4 cm³/mol. The second-order valence-corrected chi connectivity index (χ2v) is 4.96. The lowest BCUT2D eigenvalue weighted by Gasteiger charge is -2.30. The van der Waals surface area contributed by atoms with E-state index in [0.29, 0.717) is 13.0 Å². The van der Waals surface area contributed by atoms with E-state index in [-0.39, 0.29) is 11.8 Å². The second kappa shape index (κ2) is 5.34. The zero-order chi connectivity index (χ0) is 13.0. The fourth-order valence-electron chi connectivity index (χ4n) is 2.12. The number of halogens is 1. The number of benzene rings is 1. The molecule has 2 rings (SSSR count). The van der Waals surface area contributed by atoms with Gasteiger partial charge in [0.25, 0.3) is 0 Å². The first kappa shape index (κ1) is 12.8. The van der Waals surface area contributed by atoms with Crippen molar-refractivity contribution < 1.29 is 13.9 Å². The highest BCUT2D eigenvalue weighted by Gasteiger charge is 2.36. The van der Waals surface area contributed by atoms with Gasteiger partial charge in [0.2, 0.25) is 0 Å². The number of hydrogen-bond donors (Lipinski definition) is 0. The van der Waals surface area contributed by atoms with Crippen LogP contribution in [0.4, 0.5) is 4.39 Å². The van der Waals surface area contributed by atoms with Crippen LogP contribution in [0.15, 0.2) is 30.3 Å². The summed E-state index contributed by atoms with van der Waals surface area (Å²) in [6.07, 6.45) is 6.31. The Morgan fingerprint density at radius 2 is 2.11 bits per heavy atom. The highest BCUT2D eigenvalue weighted by atomic mass is 19.1. The van der Waals surface area contributed by atoms with Crippen LogP contribution in [0, 0.1) is 11.2 Å². The maximum atomic E-state index is 12.7. The number of hydrogen-bond acceptors (Lipinski definition) is 2. The summed E-state index contributed by atoms with van der Waals surface area (Å²) in [4.78, 5) is 11.7. The number of carbonyl (C=O) groups excluding carboxylic acids is 1. The average molecular weight is 248 g/mol. The first-order chi connectivity index (χ1) is 8.60. The topological polar surface area (TPSA) is 26.3 Å². The lowest BCUT2D eigenvalue weighted by atomic mass is 9.80. The summed E-state index contributed by atoms with van der Waals surface area (Å²) in [7, 11) is 0. The van der Waals surface area contributed by atoms with Crippen molar-refractivity contribution in [2.45, 2.75) is 26.2 Å². The van der Waals surface area contributed by atoms with E-state index in [4.69, 9.17) is 4.74 Å². The molecule has 3 heteroatoms. The first-order valence-electron chi connectivity index (χ1n) is 6.19. The fraction of sp³-hybridized carbons (Fsp3) is 0.400. The molecule has 1 heterocycles. The van der Waals surface area contributed by atoms with Crippen LogP contribution < -0.4 is 0 Å². The molecule has 1 saturated heterocycles. The Bertz CT molecular complexity index is 450. The third-order valence-corrected chi connectivity index (χ3v) is 3.35. The number of rotatable bonds is 3. The van der Waals surface area contributed by atoms with E-state index in [1.165, 1.54) is 12.1 Å². The monoisotopic (exact) mass is 248 g/mol. The van der Waals surface area contributed by atoms with Crippen molar-refractivity contribution in [3.8, 4) is 0 Å². The van der Waals surface area contributed by atoms with Crippen LogP contribution in [-0.4, -0.2) is 12.6 Å². The minimum absolute atomic E-state index is 0.113. The van der Waals surface area contributed by atoms with E-state index in [1.807, 2.05) is 19.1 Å². The Labute approximate surface area is 106 Å².